The van der Waals surface area contributed by atoms with Gasteiger partial charge >= 0.3 is 5.97 Å². The number of Topliss-reactive ketones (excluding diaryl/α,β-unsaturated/α-hetero) is 1. The van der Waals surface area contributed by atoms with Crippen molar-refractivity contribution in [1.29, 1.82) is 0 Å². The van der Waals surface area contributed by atoms with E-state index in [-0.39, 0.29) is 42.5 Å². The van der Waals surface area contributed by atoms with Crippen LogP contribution in [0.5, 0.6) is 0 Å². The number of rotatable bonds is 36. The van der Waals surface area contributed by atoms with E-state index in [0.717, 1.165) is 45.1 Å². The van der Waals surface area contributed by atoms with E-state index in [1.165, 1.54) is 135 Å². The van der Waals surface area contributed by atoms with Gasteiger partial charge in [-0.15, -0.1) is 0 Å². The maximum Gasteiger partial charge on any atom is 0.305 e. The third-order valence-electron chi connectivity index (χ3n) is 9.52. The maximum absolute atomic E-state index is 12.1. The van der Waals surface area contributed by atoms with Crippen molar-refractivity contribution in [3.63, 3.8) is 0 Å². The molecule has 290 valence electrons. The number of carbonyl (C=O) groups excluding carboxylic acids is 3. The first-order valence-corrected chi connectivity index (χ1v) is 20.6. The van der Waals surface area contributed by atoms with Gasteiger partial charge in [0.2, 0.25) is 5.78 Å². The van der Waals surface area contributed by atoms with Gasteiger partial charge in [0.15, 0.2) is 12.4 Å². The number of hydrogen-bond donors (Lipinski definition) is 2. The van der Waals surface area contributed by atoms with Gasteiger partial charge in [0.25, 0.3) is 5.91 Å². The molecule has 1 atom stereocenters. The second-order valence-corrected chi connectivity index (χ2v) is 14.3. The van der Waals surface area contributed by atoms with E-state index in [2.05, 4.69) is 47.4 Å². The Hall–Kier alpha value is -1.80. The Morgan fingerprint density at radius 1 is 0.580 bits per heavy atom. The van der Waals surface area contributed by atoms with E-state index in [0.29, 0.717) is 6.42 Å². The van der Waals surface area contributed by atoms with Gasteiger partial charge in [-0.05, 0) is 19.3 Å². The number of unbranched alkanes of at least 4 members (excludes halogenated alkanes) is 25. The summed E-state index contributed by atoms with van der Waals surface area (Å²) in [5.41, 5.74) is 0. The Morgan fingerprint density at radius 3 is 1.44 bits per heavy atom. The van der Waals surface area contributed by atoms with Crippen LogP contribution in [-0.4, -0.2) is 42.0 Å². The van der Waals surface area contributed by atoms with Gasteiger partial charge in [-0.2, -0.15) is 0 Å². The highest BCUT2D eigenvalue weighted by atomic mass is 79.9. The Kier molecular flexibility index (Phi) is 35.6. The molecule has 1 rings (SSSR count). The molecule has 0 bridgehead atoms. The standard InChI is InChI=1S/C42H74N2O5.BrH/c1-2-3-4-5-6-7-8-9-11-14-17-20-23-27-32-40(46)42(48)43-37-39(45)38-49-41(47)33-28-24-21-18-15-12-10-13-16-19-22-25-29-34-44-35-30-26-31-36-44;/h26,30-31,35-36,39,45H,2-25,27-29,32-34,37-38H2,1H3;1H. The molecule has 2 N–H and O–H groups in total. The van der Waals surface area contributed by atoms with Gasteiger partial charge in [-0.3, -0.25) is 14.4 Å². The van der Waals surface area contributed by atoms with Crippen LogP contribution in [0.1, 0.15) is 193 Å². The number of aliphatic hydroxyl groups is 1. The highest BCUT2D eigenvalue weighted by Gasteiger charge is 2.15. The second-order valence-electron chi connectivity index (χ2n) is 14.3. The molecule has 0 spiro atoms. The number of carbonyl (C=O) groups is 3. The summed E-state index contributed by atoms with van der Waals surface area (Å²) in [6.45, 7) is 3.12. The van der Waals surface area contributed by atoms with Gasteiger partial charge in [0, 0.05) is 37.9 Å². The fourth-order valence-corrected chi connectivity index (χ4v) is 6.31. The number of ketones is 1. The Labute approximate surface area is 317 Å². The zero-order valence-electron chi connectivity index (χ0n) is 32.0. The molecule has 0 aliphatic rings. The number of halogens is 1. The largest absolute Gasteiger partial charge is 1.00 e. The van der Waals surface area contributed by atoms with Crippen LogP contribution < -0.4 is 26.9 Å². The number of aromatic nitrogens is 1. The first-order chi connectivity index (χ1) is 24.0. The summed E-state index contributed by atoms with van der Waals surface area (Å²) in [4.78, 5) is 36.2. The zero-order valence-corrected chi connectivity index (χ0v) is 33.6. The summed E-state index contributed by atoms with van der Waals surface area (Å²) < 4.78 is 7.42. The van der Waals surface area contributed by atoms with Crippen molar-refractivity contribution in [1.82, 2.24) is 5.32 Å². The van der Waals surface area contributed by atoms with Gasteiger partial charge < -0.3 is 32.1 Å². The Morgan fingerprint density at radius 2 is 0.980 bits per heavy atom. The predicted octanol–water partition coefficient (Wildman–Crippen LogP) is 6.90. The highest BCUT2D eigenvalue weighted by molar-refractivity contribution is 6.36. The summed E-state index contributed by atoms with van der Waals surface area (Å²) in [5.74, 6) is -1.43. The minimum absolute atomic E-state index is 0. The molecular formula is C42H75BrN2O5. The first kappa shape index (κ1) is 48.2. The van der Waals surface area contributed by atoms with Gasteiger partial charge in [-0.1, -0.05) is 161 Å². The number of aryl methyl sites for hydroxylation is 1. The number of hydrogen-bond acceptors (Lipinski definition) is 5. The first-order valence-electron chi connectivity index (χ1n) is 20.6. The average Bonchev–Trinajstić information content (AvgIpc) is 3.11. The maximum atomic E-state index is 12.1. The number of nitrogens with zero attached hydrogens (tertiary/aromatic N) is 1. The van der Waals surface area contributed by atoms with Crippen molar-refractivity contribution >= 4 is 17.7 Å². The summed E-state index contributed by atoms with van der Waals surface area (Å²) in [6.07, 6.45) is 37.2. The summed E-state index contributed by atoms with van der Waals surface area (Å²) in [7, 11) is 0. The molecule has 0 aliphatic heterocycles. The monoisotopic (exact) mass is 766 g/mol. The summed E-state index contributed by atoms with van der Waals surface area (Å²) in [5, 5.41) is 12.5. The van der Waals surface area contributed by atoms with Gasteiger partial charge in [0.05, 0.1) is 0 Å². The van der Waals surface area contributed by atoms with Crippen LogP contribution in [0.15, 0.2) is 30.6 Å². The third-order valence-corrected chi connectivity index (χ3v) is 9.52. The molecule has 0 saturated carbocycles. The summed E-state index contributed by atoms with van der Waals surface area (Å²) in [6, 6.07) is 6.24. The summed E-state index contributed by atoms with van der Waals surface area (Å²) >= 11 is 0. The number of ether oxygens (including phenoxy) is 1. The van der Waals surface area contributed by atoms with Crippen LogP contribution in [0, 0.1) is 0 Å². The molecule has 50 heavy (non-hydrogen) atoms. The van der Waals surface area contributed by atoms with E-state index in [9.17, 15) is 19.5 Å². The van der Waals surface area contributed by atoms with Crippen LogP contribution in [0.2, 0.25) is 0 Å². The van der Waals surface area contributed by atoms with E-state index in [1.807, 2.05) is 0 Å². The van der Waals surface area contributed by atoms with E-state index in [4.69, 9.17) is 4.74 Å². The number of esters is 1. The molecule has 0 fully saturated rings. The van der Waals surface area contributed by atoms with Crippen LogP contribution >= 0.6 is 0 Å². The lowest BCUT2D eigenvalue weighted by Gasteiger charge is -2.12. The minimum atomic E-state index is -1.01. The average molecular weight is 768 g/mol. The van der Waals surface area contributed by atoms with Gasteiger partial charge in [-0.25, -0.2) is 4.57 Å². The number of amides is 1. The Balaban J connectivity index is 0.0000240. The van der Waals surface area contributed by atoms with Crippen molar-refractivity contribution in [3.8, 4) is 0 Å². The van der Waals surface area contributed by atoms with Crippen molar-refractivity contribution in [2.45, 2.75) is 206 Å². The molecule has 7 nitrogen and oxygen atoms in total. The van der Waals surface area contributed by atoms with Crippen molar-refractivity contribution < 1.29 is 45.8 Å². The molecule has 0 saturated heterocycles. The Bertz CT molecular complexity index is 917. The van der Waals surface area contributed by atoms with E-state index in [1.54, 1.807) is 0 Å². The third kappa shape index (κ3) is 32.1. The molecular weight excluding hydrogens is 692 g/mol. The molecule has 0 aromatic carbocycles. The van der Waals surface area contributed by atoms with E-state index >= 15 is 0 Å². The normalized spacial score (nSPS) is 11.6. The van der Waals surface area contributed by atoms with Crippen molar-refractivity contribution in [2.75, 3.05) is 13.2 Å². The number of aliphatic hydroxyl groups excluding tert-OH is 1. The van der Waals surface area contributed by atoms with Crippen LogP contribution in [0.4, 0.5) is 0 Å². The molecule has 1 aromatic heterocycles. The SMILES string of the molecule is CCCCCCCCCCCCCCCCC(=O)C(=O)NCC(O)COC(=O)CCCCCCCCCCCCCCC[n+]1ccccc1.[Br-]. The minimum Gasteiger partial charge on any atom is -1.00 e. The zero-order chi connectivity index (χ0) is 35.5. The number of nitrogens with one attached hydrogen (secondary N) is 1. The fourth-order valence-electron chi connectivity index (χ4n) is 6.31. The van der Waals surface area contributed by atoms with Crippen LogP contribution in [-0.2, 0) is 25.7 Å². The van der Waals surface area contributed by atoms with Crippen LogP contribution in [0.25, 0.3) is 0 Å². The quantitative estimate of drug-likeness (QED) is 0.0336. The molecule has 0 aliphatic carbocycles. The lowest BCUT2D eigenvalue weighted by molar-refractivity contribution is -0.697. The lowest BCUT2D eigenvalue weighted by Crippen LogP contribution is -3.00. The van der Waals surface area contributed by atoms with Crippen LogP contribution in [0.3, 0.4) is 0 Å². The van der Waals surface area contributed by atoms with E-state index < -0.39 is 17.8 Å². The van der Waals surface area contributed by atoms with Crippen molar-refractivity contribution in [3.05, 3.63) is 30.6 Å². The molecule has 1 unspecified atom stereocenters. The topological polar surface area (TPSA) is 96.6 Å². The van der Waals surface area contributed by atoms with Crippen molar-refractivity contribution in [2.24, 2.45) is 0 Å². The molecule has 1 aromatic rings. The molecule has 0 radical (unpaired) electrons. The number of pyridine rings is 1. The smallest absolute Gasteiger partial charge is 0.305 e. The molecule has 8 heteroatoms. The predicted molar refractivity (Wildman–Crippen MR) is 201 cm³/mol. The highest BCUT2D eigenvalue weighted by Crippen LogP contribution is 2.15. The molecule has 1 amide bonds. The lowest BCUT2D eigenvalue weighted by atomic mass is 10.0. The molecule has 1 heterocycles. The van der Waals surface area contributed by atoms with Gasteiger partial charge in [0.1, 0.15) is 19.3 Å². The second kappa shape index (κ2) is 37.0. The fraction of sp³-hybridized carbons (Fsp3) is 0.810.